The minimum Gasteiger partial charge on any atom is -0.516 e. The van der Waals surface area contributed by atoms with Crippen LogP contribution in [0.5, 0.6) is 0 Å². The van der Waals surface area contributed by atoms with E-state index in [9.17, 15) is 4.79 Å². The molecule has 4 heteroatoms. The Labute approximate surface area is 84.0 Å². The second-order valence-corrected chi connectivity index (χ2v) is 3.94. The average molecular weight is 200 g/mol. The van der Waals surface area contributed by atoms with Crippen molar-refractivity contribution in [2.24, 2.45) is 5.41 Å². The summed E-state index contributed by atoms with van der Waals surface area (Å²) in [5, 5.41) is 0. The molecule has 0 aliphatic heterocycles. The van der Waals surface area contributed by atoms with Crippen LogP contribution in [0.15, 0.2) is 0 Å². The summed E-state index contributed by atoms with van der Waals surface area (Å²) in [6.07, 6.45) is 0. The Morgan fingerprint density at radius 3 is 2.15 bits per heavy atom. The monoisotopic (exact) mass is 200 g/mol. The molecular weight excluding hydrogens is 182 g/mol. The molecule has 0 unspecified atom stereocenters. The summed E-state index contributed by atoms with van der Waals surface area (Å²) in [5.41, 5.74) is -0.451. The Balaban J connectivity index is 4.21. The van der Waals surface area contributed by atoms with Crippen LogP contribution in [0.3, 0.4) is 0 Å². The van der Waals surface area contributed by atoms with Crippen LogP contribution >= 0.6 is 0 Å². The van der Waals surface area contributed by atoms with E-state index in [0.717, 1.165) is 19.6 Å². The standard InChI is InChI=1S/C9H18NO2Si/c1-5-10(6-2)7-9(3,4)8(11)12-13/h5-7H2,1-4H3. The van der Waals surface area contributed by atoms with Crippen LogP contribution in [0.1, 0.15) is 27.7 Å². The molecule has 0 aliphatic rings. The van der Waals surface area contributed by atoms with Crippen molar-refractivity contribution in [2.45, 2.75) is 27.7 Å². The van der Waals surface area contributed by atoms with Crippen LogP contribution in [0.4, 0.5) is 0 Å². The number of rotatable bonds is 5. The maximum Gasteiger partial charge on any atom is 0.345 e. The number of hydrogen-bond acceptors (Lipinski definition) is 3. The topological polar surface area (TPSA) is 29.5 Å². The number of carbonyl (C=O) groups excluding carboxylic acids is 1. The van der Waals surface area contributed by atoms with Crippen molar-refractivity contribution >= 4 is 16.5 Å². The lowest BCUT2D eigenvalue weighted by molar-refractivity contribution is -0.144. The third kappa shape index (κ3) is 3.91. The Morgan fingerprint density at radius 2 is 1.85 bits per heavy atom. The fraction of sp³-hybridized carbons (Fsp3) is 0.889. The highest BCUT2D eigenvalue weighted by Crippen LogP contribution is 2.18. The zero-order valence-electron chi connectivity index (χ0n) is 8.89. The largest absolute Gasteiger partial charge is 0.516 e. The van der Waals surface area contributed by atoms with Gasteiger partial charge in [-0.25, -0.2) is 0 Å². The van der Waals surface area contributed by atoms with E-state index in [0.29, 0.717) is 0 Å². The van der Waals surface area contributed by atoms with E-state index in [1.807, 2.05) is 13.8 Å². The highest BCUT2D eigenvalue weighted by Gasteiger charge is 2.29. The Kier molecular flexibility index (Phi) is 5.25. The van der Waals surface area contributed by atoms with Gasteiger partial charge in [0.15, 0.2) is 0 Å². The molecule has 0 heterocycles. The summed E-state index contributed by atoms with van der Waals surface area (Å²) in [6.45, 7) is 10.6. The van der Waals surface area contributed by atoms with Gasteiger partial charge in [0, 0.05) is 6.54 Å². The van der Waals surface area contributed by atoms with Crippen molar-refractivity contribution in [1.82, 2.24) is 4.90 Å². The van der Waals surface area contributed by atoms with Crippen molar-refractivity contribution in [3.63, 3.8) is 0 Å². The van der Waals surface area contributed by atoms with Crippen molar-refractivity contribution in [3.05, 3.63) is 0 Å². The van der Waals surface area contributed by atoms with Crippen molar-refractivity contribution in [2.75, 3.05) is 19.6 Å². The first-order chi connectivity index (χ1) is 5.97. The fourth-order valence-corrected chi connectivity index (χ4v) is 1.49. The first kappa shape index (κ1) is 12.6. The predicted octanol–water partition coefficient (Wildman–Crippen LogP) is 0.981. The molecule has 0 amide bonds. The van der Waals surface area contributed by atoms with Crippen molar-refractivity contribution in [1.29, 1.82) is 0 Å². The van der Waals surface area contributed by atoms with Gasteiger partial charge in [-0.15, -0.1) is 0 Å². The molecule has 0 N–H and O–H groups in total. The molecular formula is C9H18NO2Si. The molecule has 0 saturated heterocycles. The van der Waals surface area contributed by atoms with Crippen LogP contribution in [-0.4, -0.2) is 41.0 Å². The summed E-state index contributed by atoms with van der Waals surface area (Å²) in [6, 6.07) is 0. The maximum atomic E-state index is 11.3. The molecule has 0 aromatic carbocycles. The van der Waals surface area contributed by atoms with Gasteiger partial charge in [0.1, 0.15) is 0 Å². The molecule has 0 atom stereocenters. The number of nitrogens with zero attached hydrogens (tertiary/aromatic N) is 1. The third-order valence-electron chi connectivity index (χ3n) is 2.16. The van der Waals surface area contributed by atoms with Gasteiger partial charge < -0.3 is 9.33 Å². The maximum absolute atomic E-state index is 11.3. The van der Waals surface area contributed by atoms with Gasteiger partial charge in [0.25, 0.3) is 5.97 Å². The lowest BCUT2D eigenvalue weighted by Gasteiger charge is -2.28. The smallest absolute Gasteiger partial charge is 0.345 e. The van der Waals surface area contributed by atoms with Gasteiger partial charge in [-0.2, -0.15) is 0 Å². The van der Waals surface area contributed by atoms with Gasteiger partial charge in [-0.1, -0.05) is 13.8 Å². The molecule has 0 aliphatic carbocycles. The summed E-state index contributed by atoms with van der Waals surface area (Å²) < 4.78 is 4.54. The van der Waals surface area contributed by atoms with Gasteiger partial charge in [0.05, 0.1) is 5.41 Å². The molecule has 13 heavy (non-hydrogen) atoms. The zero-order chi connectivity index (χ0) is 10.5. The number of carbonyl (C=O) groups is 1. The lowest BCUT2D eigenvalue weighted by atomic mass is 9.93. The SMILES string of the molecule is CCN(CC)CC(C)(C)C(=O)O[Si]. The van der Waals surface area contributed by atoms with E-state index in [1.54, 1.807) is 0 Å². The van der Waals surface area contributed by atoms with E-state index in [1.165, 1.54) is 0 Å². The third-order valence-corrected chi connectivity index (χ3v) is 2.34. The average Bonchev–Trinajstić information content (AvgIpc) is 2.12. The predicted molar refractivity (Wildman–Crippen MR) is 53.4 cm³/mol. The lowest BCUT2D eigenvalue weighted by Crippen LogP contribution is -2.39. The molecule has 0 aromatic heterocycles. The van der Waals surface area contributed by atoms with Gasteiger partial charge in [0.2, 0.25) is 0 Å². The van der Waals surface area contributed by atoms with E-state index < -0.39 is 5.41 Å². The quantitative estimate of drug-likeness (QED) is 0.620. The molecule has 0 bridgehead atoms. The molecule has 3 nitrogen and oxygen atoms in total. The fourth-order valence-electron chi connectivity index (χ4n) is 1.21. The molecule has 75 valence electrons. The minimum atomic E-state index is -0.451. The normalized spacial score (nSPS) is 11.8. The number of hydrogen-bond donors (Lipinski definition) is 0. The van der Waals surface area contributed by atoms with E-state index in [2.05, 4.69) is 33.7 Å². The van der Waals surface area contributed by atoms with Crippen LogP contribution in [0.2, 0.25) is 0 Å². The highest BCUT2D eigenvalue weighted by molar-refractivity contribution is 6.06. The molecule has 0 saturated carbocycles. The Bertz CT molecular complexity index is 167. The first-order valence-corrected chi connectivity index (χ1v) is 4.99. The van der Waals surface area contributed by atoms with Crippen molar-refractivity contribution in [3.8, 4) is 0 Å². The van der Waals surface area contributed by atoms with Gasteiger partial charge in [-0.3, -0.25) is 4.79 Å². The molecule has 0 fully saturated rings. The Morgan fingerprint density at radius 1 is 1.38 bits per heavy atom. The second kappa shape index (κ2) is 5.39. The molecule has 0 aromatic rings. The highest BCUT2D eigenvalue weighted by atomic mass is 28.2. The van der Waals surface area contributed by atoms with Crippen LogP contribution < -0.4 is 0 Å². The first-order valence-electron chi connectivity index (χ1n) is 4.58. The summed E-state index contributed by atoms with van der Waals surface area (Å²) in [5.74, 6) is -0.226. The van der Waals surface area contributed by atoms with E-state index >= 15 is 0 Å². The molecule has 0 spiro atoms. The van der Waals surface area contributed by atoms with Gasteiger partial charge in [-0.05, 0) is 26.9 Å². The van der Waals surface area contributed by atoms with Crippen LogP contribution in [0.25, 0.3) is 0 Å². The zero-order valence-corrected chi connectivity index (χ0v) is 9.89. The molecule has 0 rings (SSSR count). The van der Waals surface area contributed by atoms with E-state index in [4.69, 9.17) is 0 Å². The summed E-state index contributed by atoms with van der Waals surface area (Å²) in [4.78, 5) is 13.5. The Hall–Kier alpha value is -0.353. The van der Waals surface area contributed by atoms with Crippen molar-refractivity contribution < 1.29 is 9.22 Å². The van der Waals surface area contributed by atoms with E-state index in [-0.39, 0.29) is 5.97 Å². The minimum absolute atomic E-state index is 0.226. The van der Waals surface area contributed by atoms with Crippen LogP contribution in [0, 0.1) is 5.41 Å². The van der Waals surface area contributed by atoms with Crippen LogP contribution in [-0.2, 0) is 9.22 Å². The van der Waals surface area contributed by atoms with Gasteiger partial charge >= 0.3 is 10.5 Å². The summed E-state index contributed by atoms with van der Waals surface area (Å²) >= 11 is 0. The summed E-state index contributed by atoms with van der Waals surface area (Å²) in [7, 11) is 2.76. The second-order valence-electron chi connectivity index (χ2n) is 3.73. The molecule has 3 radical (unpaired) electrons.